The zero-order valence-corrected chi connectivity index (χ0v) is 19.1. The maximum atomic E-state index is 11.3. The van der Waals surface area contributed by atoms with Crippen molar-refractivity contribution in [1.29, 1.82) is 0 Å². The van der Waals surface area contributed by atoms with Gasteiger partial charge in [0, 0.05) is 34.3 Å². The highest BCUT2D eigenvalue weighted by Gasteiger charge is 2.22. The Morgan fingerprint density at radius 1 is 1.00 bits per heavy atom. The van der Waals surface area contributed by atoms with E-state index in [0.717, 1.165) is 38.5 Å². The zero-order chi connectivity index (χ0) is 22.1. The van der Waals surface area contributed by atoms with Gasteiger partial charge < -0.3 is 15.8 Å². The molecule has 2 rings (SSSR count). The summed E-state index contributed by atoms with van der Waals surface area (Å²) in [7, 11) is 0. The van der Waals surface area contributed by atoms with Crippen molar-refractivity contribution in [3.8, 4) is 0 Å². The smallest absolute Gasteiger partial charge is 0.219 e. The van der Waals surface area contributed by atoms with E-state index < -0.39 is 0 Å². The van der Waals surface area contributed by atoms with E-state index in [0.29, 0.717) is 43.6 Å². The van der Waals surface area contributed by atoms with Crippen LogP contribution in [0.1, 0.15) is 108 Å². The molecule has 2 saturated carbocycles. The van der Waals surface area contributed by atoms with E-state index in [9.17, 15) is 14.4 Å². The van der Waals surface area contributed by atoms with Crippen molar-refractivity contribution >= 4 is 17.6 Å². The van der Waals surface area contributed by atoms with E-state index in [-0.39, 0.29) is 20.8 Å². The Morgan fingerprint density at radius 2 is 1.59 bits per heavy atom. The van der Waals surface area contributed by atoms with Crippen LogP contribution in [-0.4, -0.2) is 36.4 Å². The monoisotopic (exact) mass is 416 g/mol. The molecule has 2 aliphatic rings. The summed E-state index contributed by atoms with van der Waals surface area (Å²) in [5.41, 5.74) is 5.05. The van der Waals surface area contributed by atoms with E-state index in [1.165, 1.54) is 19.3 Å². The summed E-state index contributed by atoms with van der Waals surface area (Å²) in [6.07, 6.45) is 12.0. The van der Waals surface area contributed by atoms with Gasteiger partial charge in [-0.05, 0) is 51.9 Å². The van der Waals surface area contributed by atoms with Crippen LogP contribution in [0.4, 0.5) is 0 Å². The second-order valence-electron chi connectivity index (χ2n) is 7.78. The van der Waals surface area contributed by atoms with Crippen molar-refractivity contribution in [3.63, 3.8) is 0 Å². The van der Waals surface area contributed by atoms with E-state index in [1.54, 1.807) is 6.92 Å². The largest absolute Gasteiger partial charge is 0.378 e. The highest BCUT2D eigenvalue weighted by atomic mass is 16.5. The first kappa shape index (κ1) is 27.6. The lowest BCUT2D eigenvalue weighted by Gasteiger charge is -2.29. The molecule has 0 spiro atoms. The number of nitrogens with two attached hydrogens (primary N) is 1. The van der Waals surface area contributed by atoms with Crippen LogP contribution in [0.5, 0.6) is 0 Å². The molecule has 3 N–H and O–H groups in total. The normalized spacial score (nSPS) is 21.7. The number of ether oxygens (including phenoxy) is 1. The van der Waals surface area contributed by atoms with Crippen molar-refractivity contribution in [2.75, 3.05) is 6.61 Å². The van der Waals surface area contributed by atoms with Crippen LogP contribution >= 0.6 is 0 Å². The average Bonchev–Trinajstić information content (AvgIpc) is 2.74. The molecule has 2 aliphatic carbocycles. The average molecular weight is 417 g/mol. The number of Topliss-reactive ketones (excluding diaryl/α,β-unsaturated/α-hetero) is 1. The topological polar surface area (TPSA) is 98.5 Å². The minimum absolute atomic E-state index is 0. The van der Waals surface area contributed by atoms with Crippen LogP contribution in [0.15, 0.2) is 0 Å². The number of carbonyl (C=O) groups excluding carboxylic acids is 3. The summed E-state index contributed by atoms with van der Waals surface area (Å²) in [6.45, 7) is 8.18. The molecule has 0 aromatic rings. The van der Waals surface area contributed by atoms with Crippen LogP contribution in [0.3, 0.4) is 0 Å². The molecule has 6 nitrogen and oxygen atoms in total. The standard InChI is InChI=1S/C13H24N2O3.C8H14O.C2H6.2H2/c1-2-13(17)15-10-5-7-11(8-6-10)18-9-3-4-12(14)16;1-7(9)8-5-3-2-4-6-8;1-2;;/h10-11H,2-9H2,1H3,(H2,14,16)(H,15,17);8H,2-6H2,1H3;1-2H3;2*1H. The number of hydrogen-bond donors (Lipinski definition) is 2. The molecule has 2 amide bonds. The zero-order valence-electron chi connectivity index (χ0n) is 19.1. The summed E-state index contributed by atoms with van der Waals surface area (Å²) in [6, 6.07) is 0.308. The third-order valence-corrected chi connectivity index (χ3v) is 5.46. The van der Waals surface area contributed by atoms with E-state index in [2.05, 4.69) is 5.32 Å². The maximum Gasteiger partial charge on any atom is 0.219 e. The molecule has 29 heavy (non-hydrogen) atoms. The quantitative estimate of drug-likeness (QED) is 0.556. The highest BCUT2D eigenvalue weighted by molar-refractivity contribution is 5.78. The van der Waals surface area contributed by atoms with E-state index in [4.69, 9.17) is 10.5 Å². The molecule has 0 radical (unpaired) electrons. The van der Waals surface area contributed by atoms with E-state index >= 15 is 0 Å². The van der Waals surface area contributed by atoms with Gasteiger partial charge in [0.25, 0.3) is 0 Å². The molecule has 0 aliphatic heterocycles. The molecular formula is C23H48N2O4. The van der Waals surface area contributed by atoms with Crippen LogP contribution < -0.4 is 11.1 Å². The molecule has 0 heterocycles. The van der Waals surface area contributed by atoms with Crippen molar-refractivity contribution < 1.29 is 22.0 Å². The predicted octanol–water partition coefficient (Wildman–Crippen LogP) is 4.78. The second kappa shape index (κ2) is 17.4. The summed E-state index contributed by atoms with van der Waals surface area (Å²) in [5, 5.41) is 3.02. The Morgan fingerprint density at radius 3 is 2.03 bits per heavy atom. The van der Waals surface area contributed by atoms with Gasteiger partial charge in [0.15, 0.2) is 0 Å². The maximum absolute atomic E-state index is 11.3. The Labute approximate surface area is 180 Å². The van der Waals surface area contributed by atoms with Gasteiger partial charge in [-0.15, -0.1) is 0 Å². The number of hydrogen-bond acceptors (Lipinski definition) is 4. The molecule has 0 aromatic heterocycles. The van der Waals surface area contributed by atoms with Crippen LogP contribution in [-0.2, 0) is 19.1 Å². The summed E-state index contributed by atoms with van der Waals surface area (Å²) in [4.78, 5) is 32.6. The van der Waals surface area contributed by atoms with Crippen molar-refractivity contribution in [2.45, 2.75) is 117 Å². The molecule has 2 fully saturated rings. The molecule has 0 unspecified atom stereocenters. The van der Waals surface area contributed by atoms with Crippen molar-refractivity contribution in [1.82, 2.24) is 5.32 Å². The third kappa shape index (κ3) is 14.2. The Hall–Kier alpha value is -1.43. The molecule has 6 heteroatoms. The predicted molar refractivity (Wildman–Crippen MR) is 122 cm³/mol. The van der Waals surface area contributed by atoms with Gasteiger partial charge in [-0.1, -0.05) is 40.0 Å². The first-order valence-electron chi connectivity index (χ1n) is 11.6. The summed E-state index contributed by atoms with van der Waals surface area (Å²) in [5.74, 6) is 0.666. The van der Waals surface area contributed by atoms with Gasteiger partial charge in [0.2, 0.25) is 11.8 Å². The lowest BCUT2D eigenvalue weighted by molar-refractivity contribution is -0.122. The van der Waals surface area contributed by atoms with Gasteiger partial charge in [-0.25, -0.2) is 0 Å². The van der Waals surface area contributed by atoms with Gasteiger partial charge in [-0.3, -0.25) is 14.4 Å². The molecular weight excluding hydrogens is 368 g/mol. The molecule has 0 bridgehead atoms. The molecule has 0 aromatic carbocycles. The lowest BCUT2D eigenvalue weighted by Crippen LogP contribution is -2.38. The number of carbonyl (C=O) groups is 3. The van der Waals surface area contributed by atoms with Crippen LogP contribution in [0.2, 0.25) is 0 Å². The number of ketones is 1. The molecule has 174 valence electrons. The van der Waals surface area contributed by atoms with Gasteiger partial charge in [-0.2, -0.15) is 0 Å². The number of rotatable bonds is 8. The van der Waals surface area contributed by atoms with Gasteiger partial charge in [0.1, 0.15) is 5.78 Å². The Kier molecular flexibility index (Phi) is 16.6. The fourth-order valence-electron chi connectivity index (χ4n) is 3.71. The van der Waals surface area contributed by atoms with Crippen molar-refractivity contribution in [3.05, 3.63) is 0 Å². The van der Waals surface area contributed by atoms with Crippen LogP contribution in [0, 0.1) is 5.92 Å². The third-order valence-electron chi connectivity index (χ3n) is 5.46. The SMILES string of the molecule is CC.CC(=O)C1CCCCC1.CCC(=O)NC1CCC(OCCCC(N)=O)CC1.[HH].[HH]. The minimum atomic E-state index is -0.274. The Bertz CT molecular complexity index is 464. The summed E-state index contributed by atoms with van der Waals surface area (Å²) >= 11 is 0. The summed E-state index contributed by atoms with van der Waals surface area (Å²) < 4.78 is 5.69. The number of primary amides is 1. The molecule has 0 atom stereocenters. The van der Waals surface area contributed by atoms with Crippen LogP contribution in [0.25, 0.3) is 0 Å². The molecule has 0 saturated heterocycles. The highest BCUT2D eigenvalue weighted by Crippen LogP contribution is 2.24. The first-order valence-corrected chi connectivity index (χ1v) is 11.6. The minimum Gasteiger partial charge on any atom is -0.378 e. The fraction of sp³-hybridized carbons (Fsp3) is 0.870. The van der Waals surface area contributed by atoms with Crippen molar-refractivity contribution in [2.24, 2.45) is 11.7 Å². The number of amides is 2. The second-order valence-corrected chi connectivity index (χ2v) is 7.78. The van der Waals surface area contributed by atoms with E-state index in [1.807, 2.05) is 20.8 Å². The van der Waals surface area contributed by atoms with Gasteiger partial charge in [0.05, 0.1) is 6.10 Å². The fourth-order valence-corrected chi connectivity index (χ4v) is 3.71. The van der Waals surface area contributed by atoms with Gasteiger partial charge >= 0.3 is 0 Å². The number of nitrogens with one attached hydrogen (secondary N) is 1. The lowest BCUT2D eigenvalue weighted by atomic mass is 9.87. The Balaban J connectivity index is -0.000000512. The first-order chi connectivity index (χ1) is 13.9.